The fourth-order valence-corrected chi connectivity index (χ4v) is 5.70. The molecule has 2 aliphatic carbocycles. The Balaban J connectivity index is 1.60. The van der Waals surface area contributed by atoms with Crippen molar-refractivity contribution >= 4 is 28.3 Å². The van der Waals surface area contributed by atoms with Crippen molar-refractivity contribution < 1.29 is 14.3 Å². The number of amides is 1. The van der Waals surface area contributed by atoms with Crippen LogP contribution in [0.3, 0.4) is 0 Å². The number of hydrogen-bond acceptors (Lipinski definition) is 5. The number of rotatable bonds is 2. The van der Waals surface area contributed by atoms with Gasteiger partial charge in [0.15, 0.2) is 10.7 Å². The Labute approximate surface area is 146 Å². The summed E-state index contributed by atoms with van der Waals surface area (Å²) in [6, 6.07) is 0. The summed E-state index contributed by atoms with van der Waals surface area (Å²) >= 11 is 1.57. The number of nitrogens with zero attached hydrogens (tertiary/aromatic N) is 1. The molecule has 1 aromatic heterocycles. The van der Waals surface area contributed by atoms with Gasteiger partial charge in [-0.05, 0) is 44.9 Å². The largest absolute Gasteiger partial charge is 0.448 e. The van der Waals surface area contributed by atoms with Gasteiger partial charge >= 0.3 is 5.97 Å². The molecule has 1 saturated heterocycles. The highest BCUT2D eigenvalue weighted by molar-refractivity contribution is 7.15. The molecule has 130 valence electrons. The number of carbonyl (C=O) groups is 2. The van der Waals surface area contributed by atoms with Crippen LogP contribution in [0.2, 0.25) is 0 Å². The Morgan fingerprint density at radius 3 is 2.71 bits per heavy atom. The number of aryl methyl sites for hydroxylation is 1. The molecular formula is C18H24N2O3S. The molecule has 3 atom stereocenters. The number of thiazole rings is 1. The van der Waals surface area contributed by atoms with E-state index in [4.69, 9.17) is 4.74 Å². The molecule has 1 amide bonds. The minimum Gasteiger partial charge on any atom is -0.448 e. The Morgan fingerprint density at radius 1 is 1.33 bits per heavy atom. The lowest BCUT2D eigenvalue weighted by molar-refractivity contribution is -0.165. The minimum absolute atomic E-state index is 0.221. The highest BCUT2D eigenvalue weighted by Gasteiger charge is 2.75. The van der Waals surface area contributed by atoms with E-state index in [9.17, 15) is 9.59 Å². The van der Waals surface area contributed by atoms with Gasteiger partial charge in [-0.2, -0.15) is 0 Å². The van der Waals surface area contributed by atoms with Crippen LogP contribution in [0.4, 0.5) is 5.13 Å². The molecule has 24 heavy (non-hydrogen) atoms. The standard InChI is InChI=1S/C18H24N2O3S/c1-10-5-6-11-12(9-10)24-15(19-11)20-13(21)18-8-7-17(4,14(22)23-18)16(18,2)3/h10H,5-9H2,1-4H3,(H,19,20,21). The first kappa shape index (κ1) is 16.1. The number of aromatic nitrogens is 1. The summed E-state index contributed by atoms with van der Waals surface area (Å²) in [6.07, 6.45) is 4.44. The fraction of sp³-hybridized carbons (Fsp3) is 0.722. The molecule has 1 aliphatic heterocycles. The molecule has 6 heteroatoms. The summed E-state index contributed by atoms with van der Waals surface area (Å²) in [5.74, 6) is 0.202. The van der Waals surface area contributed by atoms with Gasteiger partial charge in [0, 0.05) is 10.3 Å². The van der Waals surface area contributed by atoms with Crippen LogP contribution in [-0.2, 0) is 27.2 Å². The molecule has 1 aromatic rings. The zero-order valence-corrected chi connectivity index (χ0v) is 15.5. The fourth-order valence-electron chi connectivity index (χ4n) is 4.54. The summed E-state index contributed by atoms with van der Waals surface area (Å²) in [6.45, 7) is 8.11. The number of carbonyl (C=O) groups excluding carboxylic acids is 2. The molecule has 2 bridgehead atoms. The summed E-state index contributed by atoms with van der Waals surface area (Å²) in [5, 5.41) is 3.60. The Hall–Kier alpha value is -1.43. The van der Waals surface area contributed by atoms with Gasteiger partial charge in [-0.1, -0.05) is 20.8 Å². The Morgan fingerprint density at radius 2 is 2.08 bits per heavy atom. The second-order valence-corrected chi connectivity index (χ2v) is 9.45. The first-order valence-corrected chi connectivity index (χ1v) is 9.55. The molecule has 0 spiro atoms. The molecule has 1 N–H and O–H groups in total. The maximum atomic E-state index is 13.1. The van der Waals surface area contributed by atoms with E-state index in [0.717, 1.165) is 25.0 Å². The van der Waals surface area contributed by atoms with E-state index in [1.165, 1.54) is 4.88 Å². The zero-order chi connectivity index (χ0) is 17.3. The Kier molecular flexibility index (Phi) is 3.22. The van der Waals surface area contributed by atoms with Crippen molar-refractivity contribution in [2.24, 2.45) is 16.7 Å². The smallest absolute Gasteiger partial charge is 0.313 e. The second-order valence-electron chi connectivity index (χ2n) is 8.36. The van der Waals surface area contributed by atoms with Gasteiger partial charge in [-0.3, -0.25) is 14.9 Å². The number of hydrogen-bond donors (Lipinski definition) is 1. The lowest BCUT2D eigenvalue weighted by atomic mass is 9.66. The predicted molar refractivity (Wildman–Crippen MR) is 91.9 cm³/mol. The van der Waals surface area contributed by atoms with Crippen LogP contribution in [0.1, 0.15) is 57.5 Å². The molecule has 3 aliphatic rings. The van der Waals surface area contributed by atoms with Crippen LogP contribution in [0, 0.1) is 16.7 Å². The van der Waals surface area contributed by atoms with Gasteiger partial charge in [0.05, 0.1) is 11.1 Å². The molecule has 0 aromatic carbocycles. The number of anilines is 1. The zero-order valence-electron chi connectivity index (χ0n) is 14.7. The molecule has 3 unspecified atom stereocenters. The quantitative estimate of drug-likeness (QED) is 0.833. The highest BCUT2D eigenvalue weighted by Crippen LogP contribution is 2.65. The first-order chi connectivity index (χ1) is 11.2. The van der Waals surface area contributed by atoms with E-state index >= 15 is 0 Å². The van der Waals surface area contributed by atoms with Crippen molar-refractivity contribution in [3.63, 3.8) is 0 Å². The van der Waals surface area contributed by atoms with Gasteiger partial charge in [-0.15, -0.1) is 11.3 Å². The minimum atomic E-state index is -1.07. The maximum absolute atomic E-state index is 13.1. The Bertz CT molecular complexity index is 741. The summed E-state index contributed by atoms with van der Waals surface area (Å²) in [5.41, 5.74) is -1.06. The number of fused-ring (bicyclic) bond motifs is 3. The van der Waals surface area contributed by atoms with Crippen LogP contribution in [0.5, 0.6) is 0 Å². The van der Waals surface area contributed by atoms with Gasteiger partial charge in [-0.25, -0.2) is 4.98 Å². The predicted octanol–water partition coefficient (Wildman–Crippen LogP) is 3.33. The first-order valence-electron chi connectivity index (χ1n) is 8.73. The number of nitrogens with one attached hydrogen (secondary N) is 1. The number of ether oxygens (including phenoxy) is 1. The van der Waals surface area contributed by atoms with Crippen molar-refractivity contribution in [3.05, 3.63) is 10.6 Å². The molecule has 0 radical (unpaired) electrons. The van der Waals surface area contributed by atoms with Crippen LogP contribution in [0.25, 0.3) is 0 Å². The van der Waals surface area contributed by atoms with Gasteiger partial charge in [0.2, 0.25) is 0 Å². The van der Waals surface area contributed by atoms with Crippen LogP contribution < -0.4 is 5.32 Å². The van der Waals surface area contributed by atoms with E-state index in [1.54, 1.807) is 11.3 Å². The van der Waals surface area contributed by atoms with E-state index in [1.807, 2.05) is 20.8 Å². The summed E-state index contributed by atoms with van der Waals surface area (Å²) in [4.78, 5) is 31.3. The average molecular weight is 348 g/mol. The number of esters is 1. The highest BCUT2D eigenvalue weighted by atomic mass is 32.1. The van der Waals surface area contributed by atoms with E-state index in [0.29, 0.717) is 23.9 Å². The SMILES string of the molecule is CC1CCc2nc(NC(=O)C34CCC(C)(C(=O)O3)C4(C)C)sc2C1. The van der Waals surface area contributed by atoms with Gasteiger partial charge < -0.3 is 4.74 Å². The van der Waals surface area contributed by atoms with Crippen LogP contribution in [-0.4, -0.2) is 22.5 Å². The monoisotopic (exact) mass is 348 g/mol. The molecule has 4 rings (SSSR count). The molecule has 5 nitrogen and oxygen atoms in total. The van der Waals surface area contributed by atoms with Gasteiger partial charge in [0.25, 0.3) is 5.91 Å². The summed E-state index contributed by atoms with van der Waals surface area (Å²) in [7, 11) is 0. The van der Waals surface area contributed by atoms with Crippen molar-refractivity contribution in [1.29, 1.82) is 0 Å². The average Bonchev–Trinajstić information content (AvgIpc) is 3.03. The van der Waals surface area contributed by atoms with Crippen molar-refractivity contribution in [2.45, 2.75) is 65.4 Å². The third-order valence-electron chi connectivity index (χ3n) is 6.86. The van der Waals surface area contributed by atoms with Crippen LogP contribution in [0.15, 0.2) is 0 Å². The third kappa shape index (κ3) is 1.83. The lowest BCUT2D eigenvalue weighted by Gasteiger charge is -2.35. The third-order valence-corrected chi connectivity index (χ3v) is 7.89. The molecular weight excluding hydrogens is 324 g/mol. The molecule has 2 fully saturated rings. The van der Waals surface area contributed by atoms with Crippen molar-refractivity contribution in [1.82, 2.24) is 4.98 Å². The topological polar surface area (TPSA) is 68.3 Å². The normalized spacial score (nSPS) is 36.3. The van der Waals surface area contributed by atoms with Crippen molar-refractivity contribution in [2.75, 3.05) is 5.32 Å². The van der Waals surface area contributed by atoms with Crippen LogP contribution >= 0.6 is 11.3 Å². The van der Waals surface area contributed by atoms with Crippen molar-refractivity contribution in [3.8, 4) is 0 Å². The molecule has 2 heterocycles. The lowest BCUT2D eigenvalue weighted by Crippen LogP contribution is -2.50. The van der Waals surface area contributed by atoms with Gasteiger partial charge in [0.1, 0.15) is 0 Å². The van der Waals surface area contributed by atoms with E-state index in [-0.39, 0.29) is 11.9 Å². The van der Waals surface area contributed by atoms with E-state index < -0.39 is 16.4 Å². The second kappa shape index (κ2) is 4.81. The maximum Gasteiger partial charge on any atom is 0.313 e. The van der Waals surface area contributed by atoms with E-state index in [2.05, 4.69) is 17.2 Å². The summed E-state index contributed by atoms with van der Waals surface area (Å²) < 4.78 is 5.65. The molecule has 1 saturated carbocycles.